The molecular formula is C13H18O. The number of benzene rings is 1. The summed E-state index contributed by atoms with van der Waals surface area (Å²) in [6.07, 6.45) is 1.26. The Labute approximate surface area is 86.4 Å². The van der Waals surface area contributed by atoms with Crippen molar-refractivity contribution in [3.05, 3.63) is 42.0 Å². The van der Waals surface area contributed by atoms with Crippen molar-refractivity contribution in [3.8, 4) is 0 Å². The van der Waals surface area contributed by atoms with E-state index in [0.717, 1.165) is 17.7 Å². The maximum Gasteiger partial charge on any atom is 0.119 e. The van der Waals surface area contributed by atoms with Crippen LogP contribution >= 0.6 is 0 Å². The van der Waals surface area contributed by atoms with Crippen LogP contribution in [0.2, 0.25) is 0 Å². The summed E-state index contributed by atoms with van der Waals surface area (Å²) >= 11 is 0. The first-order chi connectivity index (χ1) is 6.63. The minimum Gasteiger partial charge on any atom is -0.491 e. The maximum absolute atomic E-state index is 5.52. The van der Waals surface area contributed by atoms with Gasteiger partial charge in [0.15, 0.2) is 0 Å². The van der Waals surface area contributed by atoms with E-state index in [0.29, 0.717) is 0 Å². The highest BCUT2D eigenvalue weighted by atomic mass is 16.5. The number of aryl methyl sites for hydroxylation is 1. The summed E-state index contributed by atoms with van der Waals surface area (Å²) in [5.74, 6) is 0.752. The van der Waals surface area contributed by atoms with Crippen LogP contribution in [0.1, 0.15) is 31.9 Å². The normalized spacial score (nSPS) is 10.3. The molecule has 0 fully saturated rings. The molecule has 1 heteroatoms. The fourth-order valence-corrected chi connectivity index (χ4v) is 1.28. The smallest absolute Gasteiger partial charge is 0.119 e. The molecular weight excluding hydrogens is 172 g/mol. The quantitative estimate of drug-likeness (QED) is 0.658. The zero-order valence-electron chi connectivity index (χ0n) is 9.21. The molecule has 0 bridgehead atoms. The van der Waals surface area contributed by atoms with E-state index in [9.17, 15) is 0 Å². The second-order valence-corrected chi connectivity index (χ2v) is 3.64. The summed E-state index contributed by atoms with van der Waals surface area (Å²) < 4.78 is 5.52. The van der Waals surface area contributed by atoms with E-state index in [1.54, 1.807) is 0 Å². The Morgan fingerprint density at radius 1 is 1.29 bits per heavy atom. The van der Waals surface area contributed by atoms with Gasteiger partial charge in [-0.25, -0.2) is 0 Å². The second kappa shape index (κ2) is 4.85. The van der Waals surface area contributed by atoms with Gasteiger partial charge in [-0.15, -0.1) is 0 Å². The van der Waals surface area contributed by atoms with Crippen LogP contribution in [-0.2, 0) is 11.2 Å². The van der Waals surface area contributed by atoms with Crippen LogP contribution in [0.15, 0.2) is 30.8 Å². The molecule has 0 N–H and O–H groups in total. The van der Waals surface area contributed by atoms with Crippen molar-refractivity contribution >= 4 is 5.76 Å². The molecule has 0 spiro atoms. The lowest BCUT2D eigenvalue weighted by Gasteiger charge is -2.12. The number of hydrogen-bond donors (Lipinski definition) is 0. The highest BCUT2D eigenvalue weighted by molar-refractivity contribution is 5.57. The van der Waals surface area contributed by atoms with Gasteiger partial charge in [0.25, 0.3) is 0 Å². The van der Waals surface area contributed by atoms with Crippen LogP contribution in [0, 0.1) is 0 Å². The molecule has 0 aliphatic carbocycles. The fraction of sp³-hybridized carbons (Fsp3) is 0.385. The van der Waals surface area contributed by atoms with Crippen LogP contribution in [-0.4, -0.2) is 6.10 Å². The molecule has 0 aliphatic rings. The van der Waals surface area contributed by atoms with Gasteiger partial charge in [0.1, 0.15) is 5.76 Å². The Hall–Kier alpha value is -1.24. The summed E-state index contributed by atoms with van der Waals surface area (Å²) in [5, 5.41) is 0. The van der Waals surface area contributed by atoms with Crippen LogP contribution in [0.25, 0.3) is 5.76 Å². The van der Waals surface area contributed by atoms with Gasteiger partial charge in [0.05, 0.1) is 6.10 Å². The summed E-state index contributed by atoms with van der Waals surface area (Å²) in [6.45, 7) is 10.1. The summed E-state index contributed by atoms with van der Waals surface area (Å²) in [6, 6.07) is 8.35. The highest BCUT2D eigenvalue weighted by Gasteiger charge is 2.01. The summed E-state index contributed by atoms with van der Waals surface area (Å²) in [7, 11) is 0. The van der Waals surface area contributed by atoms with Crippen molar-refractivity contribution in [2.75, 3.05) is 0 Å². The molecule has 1 aromatic rings. The molecule has 1 nitrogen and oxygen atoms in total. The molecule has 0 saturated heterocycles. The minimum atomic E-state index is 0.188. The van der Waals surface area contributed by atoms with Crippen molar-refractivity contribution in [1.82, 2.24) is 0 Å². The molecule has 0 aliphatic heterocycles. The molecule has 76 valence electrons. The predicted octanol–water partition coefficient (Wildman–Crippen LogP) is 3.64. The van der Waals surface area contributed by atoms with E-state index in [4.69, 9.17) is 4.74 Å². The topological polar surface area (TPSA) is 9.23 Å². The van der Waals surface area contributed by atoms with Crippen molar-refractivity contribution in [3.63, 3.8) is 0 Å². The van der Waals surface area contributed by atoms with E-state index in [1.165, 1.54) is 5.56 Å². The lowest BCUT2D eigenvalue weighted by molar-refractivity contribution is 0.205. The van der Waals surface area contributed by atoms with Crippen LogP contribution < -0.4 is 0 Å². The monoisotopic (exact) mass is 190 g/mol. The lowest BCUT2D eigenvalue weighted by atomic mass is 10.1. The average molecular weight is 190 g/mol. The van der Waals surface area contributed by atoms with Crippen LogP contribution in [0.5, 0.6) is 0 Å². The maximum atomic E-state index is 5.52. The third kappa shape index (κ3) is 2.91. The van der Waals surface area contributed by atoms with Gasteiger partial charge in [-0.3, -0.25) is 0 Å². The number of ether oxygens (including phenoxy) is 1. The van der Waals surface area contributed by atoms with Gasteiger partial charge in [0.2, 0.25) is 0 Å². The van der Waals surface area contributed by atoms with Gasteiger partial charge in [-0.2, -0.15) is 0 Å². The Morgan fingerprint density at radius 3 is 2.29 bits per heavy atom. The van der Waals surface area contributed by atoms with Gasteiger partial charge in [-0.05, 0) is 25.8 Å². The number of hydrogen-bond acceptors (Lipinski definition) is 1. The summed E-state index contributed by atoms with van der Waals surface area (Å²) in [5.41, 5.74) is 2.40. The first-order valence-corrected chi connectivity index (χ1v) is 5.08. The first kappa shape index (κ1) is 10.8. The molecule has 0 aromatic heterocycles. The molecule has 0 atom stereocenters. The summed E-state index contributed by atoms with van der Waals surface area (Å²) in [4.78, 5) is 0. The van der Waals surface area contributed by atoms with Gasteiger partial charge >= 0.3 is 0 Å². The lowest BCUT2D eigenvalue weighted by Crippen LogP contribution is -2.00. The van der Waals surface area contributed by atoms with Gasteiger partial charge in [-0.1, -0.05) is 37.8 Å². The molecule has 14 heavy (non-hydrogen) atoms. The Morgan fingerprint density at radius 2 is 1.86 bits per heavy atom. The van der Waals surface area contributed by atoms with E-state index < -0.39 is 0 Å². The molecule has 1 rings (SSSR count). The first-order valence-electron chi connectivity index (χ1n) is 5.08. The fourth-order valence-electron chi connectivity index (χ4n) is 1.28. The molecule has 0 radical (unpaired) electrons. The molecule has 1 aromatic carbocycles. The minimum absolute atomic E-state index is 0.188. The van der Waals surface area contributed by atoms with Crippen LogP contribution in [0.4, 0.5) is 0 Å². The van der Waals surface area contributed by atoms with E-state index in [-0.39, 0.29) is 6.10 Å². The third-order valence-corrected chi connectivity index (χ3v) is 2.06. The van der Waals surface area contributed by atoms with Crippen molar-refractivity contribution in [1.29, 1.82) is 0 Å². The second-order valence-electron chi connectivity index (χ2n) is 3.64. The molecule has 0 saturated carbocycles. The average Bonchev–Trinajstić information content (AvgIpc) is 2.17. The van der Waals surface area contributed by atoms with Crippen molar-refractivity contribution in [2.24, 2.45) is 0 Å². The zero-order chi connectivity index (χ0) is 10.6. The molecule has 0 amide bonds. The van der Waals surface area contributed by atoms with E-state index in [2.05, 4.69) is 37.8 Å². The Kier molecular flexibility index (Phi) is 3.75. The van der Waals surface area contributed by atoms with Crippen molar-refractivity contribution in [2.45, 2.75) is 33.3 Å². The van der Waals surface area contributed by atoms with Gasteiger partial charge in [0, 0.05) is 5.56 Å². The third-order valence-electron chi connectivity index (χ3n) is 2.06. The van der Waals surface area contributed by atoms with Crippen molar-refractivity contribution < 1.29 is 4.74 Å². The van der Waals surface area contributed by atoms with Gasteiger partial charge < -0.3 is 4.74 Å². The van der Waals surface area contributed by atoms with E-state index in [1.807, 2.05) is 13.8 Å². The van der Waals surface area contributed by atoms with Crippen LogP contribution in [0.3, 0.4) is 0 Å². The SMILES string of the molecule is C=C(OC(C)C)c1ccc(CC)cc1. The Balaban J connectivity index is 2.71. The number of rotatable bonds is 4. The predicted molar refractivity (Wildman–Crippen MR) is 61.1 cm³/mol. The standard InChI is InChI=1S/C13H18O/c1-5-12-6-8-13(9-7-12)11(4)14-10(2)3/h6-10H,4-5H2,1-3H3. The Bertz CT molecular complexity index is 296. The molecule has 0 unspecified atom stereocenters. The molecule has 0 heterocycles. The highest BCUT2D eigenvalue weighted by Crippen LogP contribution is 2.16. The largest absolute Gasteiger partial charge is 0.491 e. The zero-order valence-corrected chi connectivity index (χ0v) is 9.21. The van der Waals surface area contributed by atoms with E-state index >= 15 is 0 Å².